The Kier molecular flexibility index (Phi) is 5.05. The zero-order valence-corrected chi connectivity index (χ0v) is 10.1. The highest BCUT2D eigenvalue weighted by molar-refractivity contribution is 5.87. The maximum absolute atomic E-state index is 10.7. The summed E-state index contributed by atoms with van der Waals surface area (Å²) in [5.74, 6) is 0.0541. The van der Waals surface area contributed by atoms with E-state index in [1.165, 1.54) is 0 Å². The summed E-state index contributed by atoms with van der Waals surface area (Å²) in [6, 6.07) is 0. The molecule has 4 heteroatoms. The van der Waals surface area contributed by atoms with E-state index in [0.29, 0.717) is 5.76 Å². The zero-order valence-electron chi connectivity index (χ0n) is 10.1. The molecule has 4 nitrogen and oxygen atoms in total. The van der Waals surface area contributed by atoms with Gasteiger partial charge in [0.1, 0.15) is 5.76 Å². The van der Waals surface area contributed by atoms with Crippen molar-refractivity contribution in [2.75, 3.05) is 0 Å². The standard InChI is InChI=1S/C9H14N2O2.C2H6.H2/c1-4-9(2,3)6-5-11-8(13-6)7(10)12;1-2;/h5H,4H2,1-3H3,(H2,10,12);1-2H3;1H. The van der Waals surface area contributed by atoms with Gasteiger partial charge in [0.25, 0.3) is 5.89 Å². The average Bonchev–Trinajstić information content (AvgIpc) is 2.70. The van der Waals surface area contributed by atoms with Crippen molar-refractivity contribution in [3.8, 4) is 0 Å². The Morgan fingerprint density at radius 3 is 2.47 bits per heavy atom. The minimum atomic E-state index is -0.627. The Labute approximate surface area is 92.4 Å². The van der Waals surface area contributed by atoms with E-state index in [1.807, 2.05) is 34.6 Å². The van der Waals surface area contributed by atoms with E-state index >= 15 is 0 Å². The van der Waals surface area contributed by atoms with Gasteiger partial charge in [0.15, 0.2) is 0 Å². The van der Waals surface area contributed by atoms with Crippen LogP contribution >= 0.6 is 0 Å². The molecule has 0 fully saturated rings. The third kappa shape index (κ3) is 3.38. The van der Waals surface area contributed by atoms with Crippen LogP contribution in [0.5, 0.6) is 0 Å². The van der Waals surface area contributed by atoms with Crippen LogP contribution in [-0.2, 0) is 5.41 Å². The van der Waals surface area contributed by atoms with Gasteiger partial charge >= 0.3 is 5.91 Å². The fourth-order valence-electron chi connectivity index (χ4n) is 0.875. The molecule has 0 aliphatic carbocycles. The lowest BCUT2D eigenvalue weighted by Gasteiger charge is -2.18. The van der Waals surface area contributed by atoms with E-state index in [4.69, 9.17) is 10.2 Å². The topological polar surface area (TPSA) is 69.1 Å². The van der Waals surface area contributed by atoms with Gasteiger partial charge in [-0.1, -0.05) is 34.6 Å². The van der Waals surface area contributed by atoms with Gasteiger partial charge in [-0.3, -0.25) is 4.79 Å². The second-order valence-corrected chi connectivity index (χ2v) is 3.63. The van der Waals surface area contributed by atoms with Crippen LogP contribution in [0.1, 0.15) is 58.9 Å². The fraction of sp³-hybridized carbons (Fsp3) is 0.636. The van der Waals surface area contributed by atoms with E-state index in [1.54, 1.807) is 6.20 Å². The lowest BCUT2D eigenvalue weighted by atomic mass is 9.88. The molecule has 0 bridgehead atoms. The molecule has 15 heavy (non-hydrogen) atoms. The van der Waals surface area contributed by atoms with Crippen molar-refractivity contribution < 1.29 is 10.6 Å². The first kappa shape index (κ1) is 13.7. The highest BCUT2D eigenvalue weighted by atomic mass is 16.4. The number of amides is 1. The quantitative estimate of drug-likeness (QED) is 0.841. The van der Waals surface area contributed by atoms with Gasteiger partial charge in [0.2, 0.25) is 0 Å². The van der Waals surface area contributed by atoms with Crippen molar-refractivity contribution in [2.24, 2.45) is 5.73 Å². The molecule has 0 unspecified atom stereocenters. The lowest BCUT2D eigenvalue weighted by molar-refractivity contribution is 0.0963. The van der Waals surface area contributed by atoms with Gasteiger partial charge in [0, 0.05) is 6.84 Å². The van der Waals surface area contributed by atoms with Crippen LogP contribution in [0.15, 0.2) is 10.6 Å². The number of carbonyl (C=O) groups is 1. The molecule has 0 aliphatic rings. The van der Waals surface area contributed by atoms with Crippen LogP contribution < -0.4 is 5.73 Å². The summed E-state index contributed by atoms with van der Waals surface area (Å²) in [4.78, 5) is 14.5. The minimum absolute atomic E-state index is 0. The van der Waals surface area contributed by atoms with Crippen molar-refractivity contribution in [1.29, 1.82) is 0 Å². The van der Waals surface area contributed by atoms with E-state index in [2.05, 4.69) is 4.98 Å². The molecule has 88 valence electrons. The van der Waals surface area contributed by atoms with Crippen LogP contribution in [0.25, 0.3) is 0 Å². The monoisotopic (exact) mass is 214 g/mol. The van der Waals surface area contributed by atoms with Crippen molar-refractivity contribution in [1.82, 2.24) is 4.98 Å². The van der Waals surface area contributed by atoms with E-state index in [9.17, 15) is 4.79 Å². The molecular weight excluding hydrogens is 192 g/mol. The third-order valence-electron chi connectivity index (χ3n) is 2.27. The molecule has 1 amide bonds. The number of oxazole rings is 1. The first-order valence-corrected chi connectivity index (χ1v) is 5.23. The number of carbonyl (C=O) groups excluding carboxylic acids is 1. The summed E-state index contributed by atoms with van der Waals surface area (Å²) in [5, 5.41) is 0. The highest BCUT2D eigenvalue weighted by Gasteiger charge is 2.23. The summed E-state index contributed by atoms with van der Waals surface area (Å²) in [5.41, 5.74) is 4.92. The third-order valence-corrected chi connectivity index (χ3v) is 2.27. The summed E-state index contributed by atoms with van der Waals surface area (Å²) >= 11 is 0. The number of primary amides is 1. The van der Waals surface area contributed by atoms with Gasteiger partial charge in [0.05, 0.1) is 6.20 Å². The van der Waals surface area contributed by atoms with Gasteiger partial charge in [-0.15, -0.1) is 0 Å². The number of nitrogens with two attached hydrogens (primary N) is 1. The molecule has 0 aliphatic heterocycles. The maximum atomic E-state index is 10.7. The largest absolute Gasteiger partial charge is 0.437 e. The molecule has 0 spiro atoms. The van der Waals surface area contributed by atoms with Crippen LogP contribution in [-0.4, -0.2) is 10.9 Å². The summed E-state index contributed by atoms with van der Waals surface area (Å²) in [6.07, 6.45) is 2.48. The molecule has 0 atom stereocenters. The first-order valence-electron chi connectivity index (χ1n) is 5.23. The molecule has 0 aromatic carbocycles. The predicted molar refractivity (Wildman–Crippen MR) is 61.8 cm³/mol. The first-order chi connectivity index (χ1) is 6.97. The van der Waals surface area contributed by atoms with Crippen molar-refractivity contribution >= 4 is 5.91 Å². The smallest absolute Gasteiger partial charge is 0.304 e. The zero-order chi connectivity index (χ0) is 12.1. The SMILES string of the molecule is CC.CCC(C)(C)c1cnc(C(N)=O)o1.[HH]. The van der Waals surface area contributed by atoms with Crippen molar-refractivity contribution in [2.45, 2.75) is 46.5 Å². The molecule has 1 aromatic rings. The van der Waals surface area contributed by atoms with Gasteiger partial charge in [-0.05, 0) is 6.42 Å². The Balaban J connectivity index is 0. The number of nitrogens with zero attached hydrogens (tertiary/aromatic N) is 1. The number of aromatic nitrogens is 1. The van der Waals surface area contributed by atoms with E-state index < -0.39 is 5.91 Å². The predicted octanol–water partition coefficient (Wildman–Crippen LogP) is 2.73. The molecule has 0 saturated heterocycles. The second-order valence-electron chi connectivity index (χ2n) is 3.63. The van der Waals surface area contributed by atoms with E-state index in [-0.39, 0.29) is 12.7 Å². The summed E-state index contributed by atoms with van der Waals surface area (Å²) in [7, 11) is 0. The van der Waals surface area contributed by atoms with Crippen molar-refractivity contribution in [3.05, 3.63) is 17.8 Å². The Hall–Kier alpha value is -1.32. The van der Waals surface area contributed by atoms with Crippen LogP contribution in [0.2, 0.25) is 0 Å². The van der Waals surface area contributed by atoms with Crippen molar-refractivity contribution in [3.63, 3.8) is 0 Å². The number of hydrogen-bond donors (Lipinski definition) is 1. The number of rotatable bonds is 3. The number of hydrogen-bond acceptors (Lipinski definition) is 3. The van der Waals surface area contributed by atoms with Crippen LogP contribution in [0, 0.1) is 0 Å². The van der Waals surface area contributed by atoms with Gasteiger partial charge in [-0.25, -0.2) is 4.98 Å². The second kappa shape index (κ2) is 5.53. The maximum Gasteiger partial charge on any atom is 0.304 e. The van der Waals surface area contributed by atoms with E-state index in [0.717, 1.165) is 6.42 Å². The molecular formula is C11H22N2O2. The van der Waals surface area contributed by atoms with Gasteiger partial charge in [-0.2, -0.15) is 0 Å². The summed E-state index contributed by atoms with van der Waals surface area (Å²) < 4.78 is 5.22. The van der Waals surface area contributed by atoms with Gasteiger partial charge < -0.3 is 10.2 Å². The molecule has 1 heterocycles. The molecule has 0 radical (unpaired) electrons. The lowest BCUT2D eigenvalue weighted by Crippen LogP contribution is -2.14. The average molecular weight is 214 g/mol. The van der Waals surface area contributed by atoms with Crippen LogP contribution in [0.4, 0.5) is 0 Å². The molecule has 1 aromatic heterocycles. The molecule has 2 N–H and O–H groups in total. The Morgan fingerprint density at radius 1 is 1.60 bits per heavy atom. The Bertz CT molecular complexity index is 322. The summed E-state index contributed by atoms with van der Waals surface area (Å²) in [6.45, 7) is 10.1. The fourth-order valence-corrected chi connectivity index (χ4v) is 0.875. The Morgan fingerprint density at radius 2 is 2.13 bits per heavy atom. The minimum Gasteiger partial charge on any atom is -0.437 e. The normalized spacial score (nSPS) is 10.5. The molecule has 0 saturated carbocycles. The van der Waals surface area contributed by atoms with Crippen LogP contribution in [0.3, 0.4) is 0 Å². The molecule has 1 rings (SSSR count). The highest BCUT2D eigenvalue weighted by Crippen LogP contribution is 2.26.